The SMILES string of the molecule is CC(=O)NC(CCC(=O)O)Cc1cc(Cl)cc(Cl)c1. The van der Waals surface area contributed by atoms with E-state index in [1.165, 1.54) is 6.92 Å². The van der Waals surface area contributed by atoms with Crippen LogP contribution < -0.4 is 5.32 Å². The Morgan fingerprint density at radius 3 is 2.32 bits per heavy atom. The molecule has 1 aromatic rings. The van der Waals surface area contributed by atoms with E-state index in [-0.39, 0.29) is 18.4 Å². The second kappa shape index (κ2) is 7.36. The molecule has 1 rings (SSSR count). The summed E-state index contributed by atoms with van der Waals surface area (Å²) in [6.45, 7) is 1.40. The van der Waals surface area contributed by atoms with Crippen LogP contribution in [0.15, 0.2) is 18.2 Å². The van der Waals surface area contributed by atoms with Crippen molar-refractivity contribution in [2.24, 2.45) is 0 Å². The molecule has 1 atom stereocenters. The van der Waals surface area contributed by atoms with Gasteiger partial charge in [0.2, 0.25) is 5.91 Å². The van der Waals surface area contributed by atoms with E-state index in [1.54, 1.807) is 18.2 Å². The average Bonchev–Trinajstić information content (AvgIpc) is 2.23. The van der Waals surface area contributed by atoms with E-state index in [2.05, 4.69) is 5.32 Å². The summed E-state index contributed by atoms with van der Waals surface area (Å²) in [5.41, 5.74) is 0.863. The Kier molecular flexibility index (Phi) is 6.12. The first kappa shape index (κ1) is 15.8. The van der Waals surface area contributed by atoms with Crippen molar-refractivity contribution in [1.82, 2.24) is 5.32 Å². The number of hydrogen-bond donors (Lipinski definition) is 2. The van der Waals surface area contributed by atoms with Crippen molar-refractivity contribution < 1.29 is 14.7 Å². The lowest BCUT2D eigenvalue weighted by atomic mass is 10.0. The highest BCUT2D eigenvalue weighted by molar-refractivity contribution is 6.34. The molecule has 0 spiro atoms. The van der Waals surface area contributed by atoms with Crippen molar-refractivity contribution in [2.75, 3.05) is 0 Å². The number of carboxylic acids is 1. The van der Waals surface area contributed by atoms with Crippen molar-refractivity contribution in [3.63, 3.8) is 0 Å². The predicted molar refractivity (Wildman–Crippen MR) is 74.6 cm³/mol. The number of halogens is 2. The van der Waals surface area contributed by atoms with Crippen LogP contribution in [0.2, 0.25) is 10.0 Å². The molecular weight excluding hydrogens is 289 g/mol. The largest absolute Gasteiger partial charge is 0.481 e. The van der Waals surface area contributed by atoms with Crippen LogP contribution in [0.3, 0.4) is 0 Å². The molecule has 0 aliphatic heterocycles. The van der Waals surface area contributed by atoms with Crippen molar-refractivity contribution in [2.45, 2.75) is 32.2 Å². The Labute approximate surface area is 121 Å². The van der Waals surface area contributed by atoms with Gasteiger partial charge in [0.15, 0.2) is 0 Å². The molecule has 0 radical (unpaired) electrons. The number of hydrogen-bond acceptors (Lipinski definition) is 2. The summed E-state index contributed by atoms with van der Waals surface area (Å²) in [5.74, 6) is -1.08. The van der Waals surface area contributed by atoms with Gasteiger partial charge >= 0.3 is 5.97 Å². The fraction of sp³-hybridized carbons (Fsp3) is 0.385. The minimum Gasteiger partial charge on any atom is -0.481 e. The summed E-state index contributed by atoms with van der Waals surface area (Å²) in [7, 11) is 0. The van der Waals surface area contributed by atoms with Crippen LogP contribution in [0.5, 0.6) is 0 Å². The van der Waals surface area contributed by atoms with Gasteiger partial charge in [-0.2, -0.15) is 0 Å². The van der Waals surface area contributed by atoms with E-state index < -0.39 is 5.97 Å². The third kappa shape index (κ3) is 6.45. The van der Waals surface area contributed by atoms with E-state index in [9.17, 15) is 9.59 Å². The standard InChI is InChI=1S/C13H15Cl2NO3/c1-8(17)16-12(2-3-13(18)19)6-9-4-10(14)7-11(15)5-9/h4-5,7,12H,2-3,6H2,1H3,(H,16,17)(H,18,19). The first-order valence-electron chi connectivity index (χ1n) is 5.80. The van der Waals surface area contributed by atoms with E-state index in [1.807, 2.05) is 0 Å². The van der Waals surface area contributed by atoms with E-state index in [0.717, 1.165) is 5.56 Å². The second-order valence-electron chi connectivity index (χ2n) is 4.31. The van der Waals surface area contributed by atoms with Crippen LogP contribution in [0.4, 0.5) is 0 Å². The first-order chi connectivity index (χ1) is 8.86. The molecule has 0 aliphatic carbocycles. The number of aliphatic carboxylic acids is 1. The van der Waals surface area contributed by atoms with Gasteiger partial charge < -0.3 is 10.4 Å². The Balaban J connectivity index is 2.74. The van der Waals surface area contributed by atoms with Gasteiger partial charge in [-0.25, -0.2) is 0 Å². The maximum Gasteiger partial charge on any atom is 0.303 e. The van der Waals surface area contributed by atoms with Gasteiger partial charge in [0.1, 0.15) is 0 Å². The molecule has 0 saturated carbocycles. The number of rotatable bonds is 6. The molecular formula is C13H15Cl2NO3. The highest BCUT2D eigenvalue weighted by Crippen LogP contribution is 2.20. The van der Waals surface area contributed by atoms with Gasteiger partial charge in [0.05, 0.1) is 0 Å². The predicted octanol–water partition coefficient (Wildman–Crippen LogP) is 2.91. The Morgan fingerprint density at radius 2 is 1.84 bits per heavy atom. The van der Waals surface area contributed by atoms with Crippen molar-refractivity contribution in [3.8, 4) is 0 Å². The topological polar surface area (TPSA) is 66.4 Å². The summed E-state index contributed by atoms with van der Waals surface area (Å²) in [6.07, 6.45) is 0.853. The zero-order valence-corrected chi connectivity index (χ0v) is 12.0. The minimum absolute atomic E-state index is 0.000749. The van der Waals surface area contributed by atoms with Crippen molar-refractivity contribution in [3.05, 3.63) is 33.8 Å². The van der Waals surface area contributed by atoms with Crippen molar-refractivity contribution in [1.29, 1.82) is 0 Å². The van der Waals surface area contributed by atoms with Gasteiger partial charge in [0, 0.05) is 29.4 Å². The molecule has 0 bridgehead atoms. The molecule has 19 heavy (non-hydrogen) atoms. The molecule has 0 fully saturated rings. The lowest BCUT2D eigenvalue weighted by molar-refractivity contribution is -0.137. The number of carbonyl (C=O) groups is 2. The van der Waals surface area contributed by atoms with Gasteiger partial charge in [-0.05, 0) is 36.6 Å². The lowest BCUT2D eigenvalue weighted by Crippen LogP contribution is -2.35. The molecule has 2 N–H and O–H groups in total. The zero-order valence-electron chi connectivity index (χ0n) is 10.5. The van der Waals surface area contributed by atoms with E-state index in [0.29, 0.717) is 22.9 Å². The molecule has 1 aromatic carbocycles. The van der Waals surface area contributed by atoms with Crippen LogP contribution in [-0.2, 0) is 16.0 Å². The lowest BCUT2D eigenvalue weighted by Gasteiger charge is -2.17. The smallest absolute Gasteiger partial charge is 0.303 e. The zero-order chi connectivity index (χ0) is 14.4. The van der Waals surface area contributed by atoms with Crippen LogP contribution in [0.1, 0.15) is 25.3 Å². The summed E-state index contributed by atoms with van der Waals surface area (Å²) >= 11 is 11.8. The molecule has 0 saturated heterocycles. The molecule has 4 nitrogen and oxygen atoms in total. The number of carbonyl (C=O) groups excluding carboxylic acids is 1. The van der Waals surface area contributed by atoms with Crippen LogP contribution in [0, 0.1) is 0 Å². The Bertz CT molecular complexity index is 457. The monoisotopic (exact) mass is 303 g/mol. The van der Waals surface area contributed by atoms with E-state index in [4.69, 9.17) is 28.3 Å². The van der Waals surface area contributed by atoms with Crippen LogP contribution in [0.25, 0.3) is 0 Å². The number of nitrogens with one attached hydrogen (secondary N) is 1. The van der Waals surface area contributed by atoms with Gasteiger partial charge in [-0.15, -0.1) is 0 Å². The summed E-state index contributed by atoms with van der Waals surface area (Å²) in [5, 5.41) is 12.5. The Morgan fingerprint density at radius 1 is 1.26 bits per heavy atom. The highest BCUT2D eigenvalue weighted by atomic mass is 35.5. The van der Waals surface area contributed by atoms with Crippen LogP contribution in [-0.4, -0.2) is 23.0 Å². The highest BCUT2D eigenvalue weighted by Gasteiger charge is 2.13. The molecule has 0 aromatic heterocycles. The quantitative estimate of drug-likeness (QED) is 0.849. The third-order valence-corrected chi connectivity index (χ3v) is 2.95. The van der Waals surface area contributed by atoms with Gasteiger partial charge in [-0.3, -0.25) is 9.59 Å². The van der Waals surface area contributed by atoms with Gasteiger partial charge in [-0.1, -0.05) is 23.2 Å². The number of carboxylic acid groups (broad SMARTS) is 1. The summed E-state index contributed by atoms with van der Waals surface area (Å²) in [4.78, 5) is 21.7. The molecule has 6 heteroatoms. The Hall–Kier alpha value is -1.26. The summed E-state index contributed by atoms with van der Waals surface area (Å²) < 4.78 is 0. The normalized spacial score (nSPS) is 11.9. The minimum atomic E-state index is -0.889. The third-order valence-electron chi connectivity index (χ3n) is 2.52. The molecule has 1 amide bonds. The van der Waals surface area contributed by atoms with E-state index >= 15 is 0 Å². The fourth-order valence-electron chi connectivity index (χ4n) is 1.82. The maximum atomic E-state index is 11.1. The first-order valence-corrected chi connectivity index (χ1v) is 6.56. The average molecular weight is 304 g/mol. The van der Waals surface area contributed by atoms with Gasteiger partial charge in [0.25, 0.3) is 0 Å². The number of benzene rings is 1. The molecule has 1 unspecified atom stereocenters. The molecule has 0 aliphatic rings. The fourth-order valence-corrected chi connectivity index (χ4v) is 2.39. The van der Waals surface area contributed by atoms with Crippen LogP contribution >= 0.6 is 23.2 Å². The number of amides is 1. The maximum absolute atomic E-state index is 11.1. The second-order valence-corrected chi connectivity index (χ2v) is 5.18. The van der Waals surface area contributed by atoms with Crippen molar-refractivity contribution >= 4 is 35.1 Å². The molecule has 104 valence electrons. The summed E-state index contributed by atoms with van der Waals surface area (Å²) in [6, 6.07) is 4.88. The molecule has 0 heterocycles.